The SMILES string of the molecule is C=C(C)Cn1c(SCC(=O)OCC)nc2c1c(=O)n(C)c(=O)n2C. The minimum absolute atomic E-state index is 0.0710. The Bertz CT molecular complexity index is 922. The normalized spacial score (nSPS) is 11.0. The average Bonchev–Trinajstić information content (AvgIpc) is 2.87. The molecule has 0 aliphatic rings. The minimum Gasteiger partial charge on any atom is -0.465 e. The molecule has 0 aromatic carbocycles. The molecule has 0 aliphatic carbocycles. The van der Waals surface area contributed by atoms with E-state index < -0.39 is 11.2 Å². The summed E-state index contributed by atoms with van der Waals surface area (Å²) in [5, 5.41) is 0.472. The van der Waals surface area contributed by atoms with Gasteiger partial charge in [-0.1, -0.05) is 23.9 Å². The van der Waals surface area contributed by atoms with Gasteiger partial charge in [-0.3, -0.25) is 18.7 Å². The number of esters is 1. The molecule has 0 aliphatic heterocycles. The fourth-order valence-corrected chi connectivity index (χ4v) is 3.07. The number of ether oxygens (including phenoxy) is 1. The maximum absolute atomic E-state index is 12.5. The van der Waals surface area contributed by atoms with Crippen molar-refractivity contribution >= 4 is 28.9 Å². The van der Waals surface area contributed by atoms with Crippen LogP contribution in [0.1, 0.15) is 13.8 Å². The van der Waals surface area contributed by atoms with Crippen LogP contribution in [0, 0.1) is 0 Å². The van der Waals surface area contributed by atoms with Crippen molar-refractivity contribution in [1.82, 2.24) is 18.7 Å². The fourth-order valence-electron chi connectivity index (χ4n) is 2.28. The first kappa shape index (κ1) is 18.1. The van der Waals surface area contributed by atoms with Crippen LogP contribution in [0.5, 0.6) is 0 Å². The molecule has 0 unspecified atom stereocenters. The third-order valence-electron chi connectivity index (χ3n) is 3.37. The van der Waals surface area contributed by atoms with E-state index in [0.29, 0.717) is 23.8 Å². The van der Waals surface area contributed by atoms with Crippen LogP contribution in [-0.4, -0.2) is 37.0 Å². The van der Waals surface area contributed by atoms with E-state index in [-0.39, 0.29) is 17.4 Å². The highest BCUT2D eigenvalue weighted by Crippen LogP contribution is 2.22. The number of carbonyl (C=O) groups is 1. The first-order chi connectivity index (χ1) is 11.3. The Hall–Kier alpha value is -2.29. The molecule has 0 N–H and O–H groups in total. The number of nitrogens with zero attached hydrogens (tertiary/aromatic N) is 4. The maximum atomic E-state index is 12.5. The highest BCUT2D eigenvalue weighted by molar-refractivity contribution is 7.99. The Morgan fingerprint density at radius 1 is 1.29 bits per heavy atom. The van der Waals surface area contributed by atoms with E-state index in [2.05, 4.69) is 11.6 Å². The number of imidazole rings is 1. The summed E-state index contributed by atoms with van der Waals surface area (Å²) >= 11 is 1.16. The van der Waals surface area contributed by atoms with Crippen LogP contribution in [0.2, 0.25) is 0 Å². The molecule has 2 aromatic heterocycles. The largest absolute Gasteiger partial charge is 0.465 e. The molecule has 8 nitrogen and oxygen atoms in total. The quantitative estimate of drug-likeness (QED) is 0.431. The molecular weight excluding hydrogens is 332 g/mol. The van der Waals surface area contributed by atoms with Crippen LogP contribution in [0.4, 0.5) is 0 Å². The first-order valence-electron chi connectivity index (χ1n) is 7.37. The van der Waals surface area contributed by atoms with Crippen LogP contribution in [0.3, 0.4) is 0 Å². The van der Waals surface area contributed by atoms with Crippen LogP contribution < -0.4 is 11.2 Å². The number of hydrogen-bond acceptors (Lipinski definition) is 6. The molecule has 9 heteroatoms. The van der Waals surface area contributed by atoms with Crippen molar-refractivity contribution in [3.8, 4) is 0 Å². The average molecular weight is 352 g/mol. The number of aromatic nitrogens is 4. The number of rotatable bonds is 6. The lowest BCUT2D eigenvalue weighted by molar-refractivity contribution is -0.139. The second kappa shape index (κ2) is 7.08. The third kappa shape index (κ3) is 3.30. The van der Waals surface area contributed by atoms with Gasteiger partial charge >= 0.3 is 11.7 Å². The number of thioether (sulfide) groups is 1. The van der Waals surface area contributed by atoms with Gasteiger partial charge in [0.05, 0.1) is 12.4 Å². The van der Waals surface area contributed by atoms with E-state index in [4.69, 9.17) is 4.74 Å². The van der Waals surface area contributed by atoms with Crippen molar-refractivity contribution in [2.45, 2.75) is 25.5 Å². The zero-order valence-corrected chi connectivity index (χ0v) is 15.0. The van der Waals surface area contributed by atoms with Crippen molar-refractivity contribution in [1.29, 1.82) is 0 Å². The van der Waals surface area contributed by atoms with Crippen LogP contribution in [-0.2, 0) is 30.2 Å². The smallest absolute Gasteiger partial charge is 0.332 e. The lowest BCUT2D eigenvalue weighted by Gasteiger charge is -2.09. The van der Waals surface area contributed by atoms with Gasteiger partial charge < -0.3 is 9.30 Å². The van der Waals surface area contributed by atoms with E-state index in [9.17, 15) is 14.4 Å². The summed E-state index contributed by atoms with van der Waals surface area (Å²) in [6, 6.07) is 0. The van der Waals surface area contributed by atoms with Gasteiger partial charge in [0.15, 0.2) is 16.3 Å². The minimum atomic E-state index is -0.450. The van der Waals surface area contributed by atoms with E-state index in [1.807, 2.05) is 6.92 Å². The molecule has 0 amide bonds. The van der Waals surface area contributed by atoms with Gasteiger partial charge in [-0.05, 0) is 13.8 Å². The lowest BCUT2D eigenvalue weighted by atomic mass is 10.3. The van der Waals surface area contributed by atoms with E-state index in [0.717, 1.165) is 21.9 Å². The summed E-state index contributed by atoms with van der Waals surface area (Å²) in [5.41, 5.74) is 0.548. The van der Waals surface area contributed by atoms with E-state index in [1.165, 1.54) is 11.6 Å². The van der Waals surface area contributed by atoms with Gasteiger partial charge in [0.25, 0.3) is 5.56 Å². The van der Waals surface area contributed by atoms with Crippen LogP contribution in [0.25, 0.3) is 11.2 Å². The Kier molecular flexibility index (Phi) is 5.33. The molecule has 0 saturated carbocycles. The van der Waals surface area contributed by atoms with Crippen molar-refractivity contribution < 1.29 is 9.53 Å². The highest BCUT2D eigenvalue weighted by Gasteiger charge is 2.20. The molecule has 0 atom stereocenters. The zero-order chi connectivity index (χ0) is 18.0. The molecular formula is C15H20N4O4S. The molecule has 2 heterocycles. The zero-order valence-electron chi connectivity index (χ0n) is 14.2. The molecule has 2 rings (SSSR count). The van der Waals surface area contributed by atoms with Crippen molar-refractivity contribution in [3.63, 3.8) is 0 Å². The topological polar surface area (TPSA) is 88.1 Å². The number of aryl methyl sites for hydroxylation is 1. The summed E-state index contributed by atoms with van der Waals surface area (Å²) in [5.74, 6) is -0.292. The van der Waals surface area contributed by atoms with Gasteiger partial charge in [-0.15, -0.1) is 0 Å². The molecule has 0 bridgehead atoms. The molecule has 24 heavy (non-hydrogen) atoms. The predicted molar refractivity (Wildman–Crippen MR) is 92.4 cm³/mol. The Labute approximate surface area is 142 Å². The Balaban J connectivity index is 2.62. The van der Waals surface area contributed by atoms with Crippen molar-refractivity contribution in [2.24, 2.45) is 14.1 Å². The van der Waals surface area contributed by atoms with Crippen molar-refractivity contribution in [2.75, 3.05) is 12.4 Å². The number of allylic oxidation sites excluding steroid dienone is 1. The standard InChI is InChI=1S/C15H20N4O4S/c1-6-23-10(20)8-24-14-16-12-11(19(14)7-9(2)3)13(21)18(5)15(22)17(12)4/h2,6-8H2,1,3-5H3. The molecule has 0 saturated heterocycles. The first-order valence-corrected chi connectivity index (χ1v) is 8.35. The van der Waals surface area contributed by atoms with Gasteiger partial charge in [0.2, 0.25) is 0 Å². The Morgan fingerprint density at radius 3 is 2.54 bits per heavy atom. The van der Waals surface area contributed by atoms with Crippen LogP contribution in [0.15, 0.2) is 26.9 Å². The summed E-state index contributed by atoms with van der Waals surface area (Å²) in [4.78, 5) is 40.6. The van der Waals surface area contributed by atoms with Gasteiger partial charge in [0.1, 0.15) is 0 Å². The van der Waals surface area contributed by atoms with E-state index >= 15 is 0 Å². The fraction of sp³-hybridized carbons (Fsp3) is 0.467. The predicted octanol–water partition coefficient (Wildman–Crippen LogP) is 0.665. The number of carbonyl (C=O) groups excluding carboxylic acids is 1. The second-order valence-corrected chi connectivity index (χ2v) is 6.35. The second-order valence-electron chi connectivity index (χ2n) is 5.41. The maximum Gasteiger partial charge on any atom is 0.332 e. The van der Waals surface area contributed by atoms with Gasteiger partial charge in [-0.2, -0.15) is 0 Å². The third-order valence-corrected chi connectivity index (χ3v) is 4.32. The summed E-state index contributed by atoms with van der Waals surface area (Å²) < 4.78 is 8.95. The molecule has 0 fully saturated rings. The van der Waals surface area contributed by atoms with Crippen molar-refractivity contribution in [3.05, 3.63) is 33.0 Å². The molecule has 2 aromatic rings. The Morgan fingerprint density at radius 2 is 1.96 bits per heavy atom. The monoisotopic (exact) mass is 352 g/mol. The van der Waals surface area contributed by atoms with Crippen LogP contribution >= 0.6 is 11.8 Å². The van der Waals surface area contributed by atoms with Gasteiger partial charge in [-0.25, -0.2) is 9.78 Å². The molecule has 0 radical (unpaired) electrons. The summed E-state index contributed by atoms with van der Waals surface area (Å²) in [6.45, 7) is 8.11. The summed E-state index contributed by atoms with van der Waals surface area (Å²) in [6.07, 6.45) is 0. The molecule has 130 valence electrons. The summed E-state index contributed by atoms with van der Waals surface area (Å²) in [7, 11) is 2.98. The van der Waals surface area contributed by atoms with Gasteiger partial charge in [0, 0.05) is 20.6 Å². The van der Waals surface area contributed by atoms with E-state index in [1.54, 1.807) is 18.5 Å². The number of hydrogen-bond donors (Lipinski definition) is 0. The molecule has 0 spiro atoms. The number of fused-ring (bicyclic) bond motifs is 1. The lowest BCUT2D eigenvalue weighted by Crippen LogP contribution is -2.37. The highest BCUT2D eigenvalue weighted by atomic mass is 32.2.